The van der Waals surface area contributed by atoms with Gasteiger partial charge in [-0.2, -0.15) is 0 Å². The zero-order valence-corrected chi connectivity index (χ0v) is 12.8. The number of halogens is 1. The summed E-state index contributed by atoms with van der Waals surface area (Å²) < 4.78 is 5.09. The molecule has 2 aromatic rings. The van der Waals surface area contributed by atoms with Crippen molar-refractivity contribution >= 4 is 29.2 Å². The standard InChI is InChI=1S/C15H14ClN3O4/c1-23-13-7-6-9(16)8-11(13)17-15(22)19-18-14(21)10-4-2-3-5-12(10)20/h2-8,20H,1H3,(H,18,21)(H2,17,19,22). The van der Waals surface area contributed by atoms with Crippen LogP contribution in [0.3, 0.4) is 0 Å². The Kier molecular flexibility index (Phi) is 5.27. The number of carbonyl (C=O) groups is 2. The number of benzene rings is 2. The maximum atomic E-state index is 11.8. The van der Waals surface area contributed by atoms with Crippen molar-refractivity contribution in [2.24, 2.45) is 0 Å². The lowest BCUT2D eigenvalue weighted by atomic mass is 10.2. The van der Waals surface area contributed by atoms with Gasteiger partial charge in [0.2, 0.25) is 0 Å². The maximum absolute atomic E-state index is 11.8. The number of methoxy groups -OCH3 is 1. The van der Waals surface area contributed by atoms with E-state index in [1.54, 1.807) is 24.3 Å². The van der Waals surface area contributed by atoms with E-state index in [1.807, 2.05) is 0 Å². The molecule has 0 aliphatic carbocycles. The quantitative estimate of drug-likeness (QED) is 0.647. The second-order valence-corrected chi connectivity index (χ2v) is 4.83. The van der Waals surface area contributed by atoms with E-state index in [1.165, 1.54) is 25.3 Å². The summed E-state index contributed by atoms with van der Waals surface area (Å²) in [5.74, 6) is -0.434. The molecule has 0 bridgehead atoms. The molecule has 0 aliphatic heterocycles. The largest absolute Gasteiger partial charge is 0.507 e. The number of anilines is 1. The second-order valence-electron chi connectivity index (χ2n) is 4.40. The third kappa shape index (κ3) is 4.27. The molecule has 0 aliphatic rings. The average Bonchev–Trinajstić information content (AvgIpc) is 2.53. The van der Waals surface area contributed by atoms with Gasteiger partial charge in [-0.15, -0.1) is 0 Å². The summed E-state index contributed by atoms with van der Waals surface area (Å²) in [6, 6.07) is 9.97. The molecule has 4 N–H and O–H groups in total. The number of nitrogens with one attached hydrogen (secondary N) is 3. The van der Waals surface area contributed by atoms with E-state index in [4.69, 9.17) is 16.3 Å². The monoisotopic (exact) mass is 335 g/mol. The topological polar surface area (TPSA) is 99.7 Å². The van der Waals surface area contributed by atoms with Gasteiger partial charge in [0.1, 0.15) is 11.5 Å². The minimum atomic E-state index is -0.700. The van der Waals surface area contributed by atoms with Crippen molar-refractivity contribution in [2.45, 2.75) is 0 Å². The van der Waals surface area contributed by atoms with Crippen LogP contribution >= 0.6 is 11.6 Å². The fourth-order valence-corrected chi connectivity index (χ4v) is 1.95. The summed E-state index contributed by atoms with van der Waals surface area (Å²) >= 11 is 5.86. The fourth-order valence-electron chi connectivity index (χ4n) is 1.78. The Labute approximate surface area is 137 Å². The lowest BCUT2D eigenvalue weighted by Gasteiger charge is -2.12. The fraction of sp³-hybridized carbons (Fsp3) is 0.0667. The van der Waals surface area contributed by atoms with Gasteiger partial charge >= 0.3 is 6.03 Å². The zero-order chi connectivity index (χ0) is 16.8. The van der Waals surface area contributed by atoms with Gasteiger partial charge in [-0.1, -0.05) is 23.7 Å². The zero-order valence-electron chi connectivity index (χ0n) is 12.1. The highest BCUT2D eigenvalue weighted by molar-refractivity contribution is 6.31. The normalized spacial score (nSPS) is 9.83. The molecule has 0 spiro atoms. The number of rotatable bonds is 3. The van der Waals surface area contributed by atoms with Crippen LogP contribution in [0, 0.1) is 0 Å². The van der Waals surface area contributed by atoms with E-state index < -0.39 is 11.9 Å². The summed E-state index contributed by atoms with van der Waals surface area (Å²) in [5, 5.41) is 12.5. The number of para-hydroxylation sites is 1. The van der Waals surface area contributed by atoms with Gasteiger partial charge in [-0.3, -0.25) is 10.2 Å². The lowest BCUT2D eigenvalue weighted by Crippen LogP contribution is -2.43. The van der Waals surface area contributed by atoms with Crippen molar-refractivity contribution in [1.29, 1.82) is 0 Å². The number of amides is 3. The SMILES string of the molecule is COc1ccc(Cl)cc1NC(=O)NNC(=O)c1ccccc1O. The highest BCUT2D eigenvalue weighted by atomic mass is 35.5. The Bertz CT molecular complexity index is 736. The Morgan fingerprint density at radius 1 is 1.13 bits per heavy atom. The molecule has 8 heteroatoms. The van der Waals surface area contributed by atoms with Crippen LogP contribution in [0.1, 0.15) is 10.4 Å². The first-order valence-electron chi connectivity index (χ1n) is 6.50. The second kappa shape index (κ2) is 7.37. The van der Waals surface area contributed by atoms with E-state index in [-0.39, 0.29) is 11.3 Å². The first-order valence-corrected chi connectivity index (χ1v) is 6.88. The van der Waals surface area contributed by atoms with Crippen LogP contribution < -0.4 is 20.9 Å². The molecule has 2 rings (SSSR count). The number of hydrogen-bond donors (Lipinski definition) is 4. The molecule has 0 fully saturated rings. The lowest BCUT2D eigenvalue weighted by molar-refractivity contribution is 0.0935. The first-order chi connectivity index (χ1) is 11.0. The van der Waals surface area contributed by atoms with Gasteiger partial charge in [0.05, 0.1) is 18.4 Å². The third-order valence-electron chi connectivity index (χ3n) is 2.85. The predicted octanol–water partition coefficient (Wildman–Crippen LogP) is 2.52. The molecule has 2 aromatic carbocycles. The number of phenolic OH excluding ortho intramolecular Hbond substituents is 1. The van der Waals surface area contributed by atoms with Crippen LogP contribution in [0.2, 0.25) is 5.02 Å². The smallest absolute Gasteiger partial charge is 0.338 e. The molecule has 0 unspecified atom stereocenters. The number of carbonyl (C=O) groups excluding carboxylic acids is 2. The van der Waals surface area contributed by atoms with Crippen molar-refractivity contribution in [3.8, 4) is 11.5 Å². The van der Waals surface area contributed by atoms with Gasteiger partial charge in [0, 0.05) is 5.02 Å². The molecule has 3 amide bonds. The average molecular weight is 336 g/mol. The first kappa shape index (κ1) is 16.4. The molecule has 7 nitrogen and oxygen atoms in total. The molecule has 0 heterocycles. The number of ether oxygens (including phenoxy) is 1. The van der Waals surface area contributed by atoms with E-state index in [0.717, 1.165) is 0 Å². The summed E-state index contributed by atoms with van der Waals surface area (Å²) in [4.78, 5) is 23.7. The van der Waals surface area contributed by atoms with Crippen LogP contribution in [-0.2, 0) is 0 Å². The van der Waals surface area contributed by atoms with Gasteiger partial charge in [0.25, 0.3) is 5.91 Å². The molecule has 120 valence electrons. The molecule has 23 heavy (non-hydrogen) atoms. The van der Waals surface area contributed by atoms with Crippen LogP contribution in [0.15, 0.2) is 42.5 Å². The van der Waals surface area contributed by atoms with Crippen LogP contribution in [0.5, 0.6) is 11.5 Å². The van der Waals surface area contributed by atoms with Crippen LogP contribution in [0.25, 0.3) is 0 Å². The minimum Gasteiger partial charge on any atom is -0.507 e. The number of hydrazine groups is 1. The van der Waals surface area contributed by atoms with E-state index >= 15 is 0 Å². The van der Waals surface area contributed by atoms with Crippen molar-refractivity contribution < 1.29 is 19.4 Å². The van der Waals surface area contributed by atoms with E-state index in [0.29, 0.717) is 16.5 Å². The molecule has 0 atom stereocenters. The molecular weight excluding hydrogens is 322 g/mol. The van der Waals surface area contributed by atoms with Crippen molar-refractivity contribution in [3.05, 3.63) is 53.1 Å². The predicted molar refractivity (Wildman–Crippen MR) is 85.7 cm³/mol. The Balaban J connectivity index is 1.97. The van der Waals surface area contributed by atoms with Gasteiger partial charge in [0.15, 0.2) is 0 Å². The highest BCUT2D eigenvalue weighted by Crippen LogP contribution is 2.27. The Hall–Kier alpha value is -2.93. The number of hydrogen-bond acceptors (Lipinski definition) is 4. The highest BCUT2D eigenvalue weighted by Gasteiger charge is 2.12. The molecule has 0 radical (unpaired) electrons. The van der Waals surface area contributed by atoms with Crippen molar-refractivity contribution in [2.75, 3.05) is 12.4 Å². The van der Waals surface area contributed by atoms with Gasteiger partial charge in [-0.25, -0.2) is 10.2 Å². The van der Waals surface area contributed by atoms with Gasteiger partial charge in [-0.05, 0) is 30.3 Å². The van der Waals surface area contributed by atoms with Gasteiger partial charge < -0.3 is 15.2 Å². The van der Waals surface area contributed by atoms with E-state index in [2.05, 4.69) is 16.2 Å². The van der Waals surface area contributed by atoms with Crippen LogP contribution in [-0.4, -0.2) is 24.2 Å². The van der Waals surface area contributed by atoms with Crippen molar-refractivity contribution in [1.82, 2.24) is 10.9 Å². The van der Waals surface area contributed by atoms with Crippen LogP contribution in [0.4, 0.5) is 10.5 Å². The maximum Gasteiger partial charge on any atom is 0.338 e. The molecule has 0 aromatic heterocycles. The molecular formula is C15H14ClN3O4. The summed E-state index contributed by atoms with van der Waals surface area (Å²) in [5.41, 5.74) is 4.72. The Morgan fingerprint density at radius 3 is 2.57 bits per heavy atom. The minimum absolute atomic E-state index is 0.0353. The number of urea groups is 1. The summed E-state index contributed by atoms with van der Waals surface area (Å²) in [6.45, 7) is 0. The number of aromatic hydroxyl groups is 1. The number of phenols is 1. The molecule has 0 saturated heterocycles. The molecule has 0 saturated carbocycles. The Morgan fingerprint density at radius 2 is 1.87 bits per heavy atom. The summed E-state index contributed by atoms with van der Waals surface area (Å²) in [6.07, 6.45) is 0. The third-order valence-corrected chi connectivity index (χ3v) is 3.08. The summed E-state index contributed by atoms with van der Waals surface area (Å²) in [7, 11) is 1.45. The van der Waals surface area contributed by atoms with E-state index in [9.17, 15) is 14.7 Å². The van der Waals surface area contributed by atoms with Crippen molar-refractivity contribution in [3.63, 3.8) is 0 Å².